The minimum Gasteiger partial charge on any atom is -0.478 e. The largest absolute Gasteiger partial charge is 0.478 e. The number of halogens is 4. The molecule has 1 heterocycles. The number of carboxylic acids is 1. The van der Waals surface area contributed by atoms with E-state index < -0.39 is 29.1 Å². The van der Waals surface area contributed by atoms with Crippen molar-refractivity contribution in [3.8, 4) is 0 Å². The molecule has 0 atom stereocenters. The predicted octanol–water partition coefficient (Wildman–Crippen LogP) is 1.97. The van der Waals surface area contributed by atoms with Crippen molar-refractivity contribution in [2.24, 2.45) is 7.05 Å². The van der Waals surface area contributed by atoms with Gasteiger partial charge >= 0.3 is 17.8 Å². The lowest BCUT2D eigenvalue weighted by molar-refractivity contribution is -0.144. The van der Waals surface area contributed by atoms with Gasteiger partial charge in [-0.3, -0.25) is 13.9 Å². The maximum atomic E-state index is 12.8. The van der Waals surface area contributed by atoms with Crippen LogP contribution in [0.25, 0.3) is 0 Å². The third kappa shape index (κ3) is 3.35. The highest BCUT2D eigenvalue weighted by molar-refractivity contribution is 6.33. The molecule has 0 bridgehead atoms. The van der Waals surface area contributed by atoms with E-state index in [2.05, 4.69) is 0 Å². The molecule has 1 aromatic heterocycles. The molecule has 0 radical (unpaired) electrons. The topological polar surface area (TPSA) is 81.3 Å². The van der Waals surface area contributed by atoms with Crippen LogP contribution in [-0.2, 0) is 19.8 Å². The highest BCUT2D eigenvalue weighted by Crippen LogP contribution is 2.26. The number of hydrogen-bond acceptors (Lipinski definition) is 3. The average molecular weight is 363 g/mol. The van der Waals surface area contributed by atoms with E-state index in [0.29, 0.717) is 15.2 Å². The van der Waals surface area contributed by atoms with Crippen LogP contribution >= 0.6 is 11.6 Å². The Labute approximate surface area is 137 Å². The lowest BCUT2D eigenvalue weighted by atomic mass is 10.1. The second-order valence-corrected chi connectivity index (χ2v) is 5.32. The Morgan fingerprint density at radius 1 is 1.25 bits per heavy atom. The molecule has 2 rings (SSSR count). The smallest absolute Gasteiger partial charge is 0.431 e. The second kappa shape index (κ2) is 6.16. The molecule has 1 N–H and O–H groups in total. The summed E-state index contributed by atoms with van der Waals surface area (Å²) in [7, 11) is 0.894. The van der Waals surface area contributed by atoms with Gasteiger partial charge in [-0.25, -0.2) is 9.59 Å². The van der Waals surface area contributed by atoms with E-state index in [0.717, 1.165) is 13.1 Å². The van der Waals surface area contributed by atoms with E-state index in [1.54, 1.807) is 0 Å². The van der Waals surface area contributed by atoms with Gasteiger partial charge in [-0.15, -0.1) is 0 Å². The van der Waals surface area contributed by atoms with Crippen molar-refractivity contribution < 1.29 is 23.1 Å². The monoisotopic (exact) mass is 362 g/mol. The first-order valence-corrected chi connectivity index (χ1v) is 6.80. The molecule has 0 saturated carbocycles. The Balaban J connectivity index is 2.55. The first kappa shape index (κ1) is 17.8. The molecule has 0 aliphatic carbocycles. The van der Waals surface area contributed by atoms with Gasteiger partial charge in [-0.05, 0) is 17.7 Å². The minimum atomic E-state index is -4.84. The van der Waals surface area contributed by atoms with Gasteiger partial charge in [-0.2, -0.15) is 13.2 Å². The molecule has 1 aromatic carbocycles. The van der Waals surface area contributed by atoms with Gasteiger partial charge in [0.05, 0.1) is 17.1 Å². The number of carboxylic acid groups (broad SMARTS) is 1. The summed E-state index contributed by atoms with van der Waals surface area (Å²) in [5.41, 5.74) is -3.68. The fraction of sp³-hybridized carbons (Fsp3) is 0.214. The Morgan fingerprint density at radius 2 is 1.88 bits per heavy atom. The Bertz CT molecular complexity index is 931. The van der Waals surface area contributed by atoms with Gasteiger partial charge in [0.1, 0.15) is 5.69 Å². The third-order valence-electron chi connectivity index (χ3n) is 3.30. The minimum absolute atomic E-state index is 0.0427. The fourth-order valence-corrected chi connectivity index (χ4v) is 2.30. The van der Waals surface area contributed by atoms with Crippen LogP contribution in [0.2, 0.25) is 5.02 Å². The molecule has 2 aromatic rings. The summed E-state index contributed by atoms with van der Waals surface area (Å²) in [5.74, 6) is -1.31. The lowest BCUT2D eigenvalue weighted by Gasteiger charge is -2.14. The van der Waals surface area contributed by atoms with E-state index in [4.69, 9.17) is 16.7 Å². The summed E-state index contributed by atoms with van der Waals surface area (Å²) >= 11 is 5.71. The number of rotatable bonds is 3. The first-order chi connectivity index (χ1) is 11.0. The SMILES string of the molecule is Cn1c(C(F)(F)F)cc(=O)n(Cc2ccc(Cl)c(C(=O)O)c2)c1=O. The first-order valence-electron chi connectivity index (χ1n) is 6.42. The molecule has 0 saturated heterocycles. The zero-order valence-corrected chi connectivity index (χ0v) is 12.9. The van der Waals surface area contributed by atoms with E-state index in [1.807, 2.05) is 0 Å². The quantitative estimate of drug-likeness (QED) is 0.905. The summed E-state index contributed by atoms with van der Waals surface area (Å²) in [6.45, 7) is -0.388. The van der Waals surface area contributed by atoms with Gasteiger partial charge in [0, 0.05) is 13.1 Å². The van der Waals surface area contributed by atoms with Crippen LogP contribution in [0, 0.1) is 0 Å². The number of carbonyl (C=O) groups is 1. The Hall–Kier alpha value is -2.55. The van der Waals surface area contributed by atoms with Crippen molar-refractivity contribution in [3.63, 3.8) is 0 Å². The normalized spacial score (nSPS) is 11.5. The van der Waals surface area contributed by atoms with Gasteiger partial charge < -0.3 is 5.11 Å². The zero-order chi connectivity index (χ0) is 18.2. The third-order valence-corrected chi connectivity index (χ3v) is 3.63. The highest BCUT2D eigenvalue weighted by atomic mass is 35.5. The van der Waals surface area contributed by atoms with Crippen molar-refractivity contribution in [2.45, 2.75) is 12.7 Å². The summed E-state index contributed by atoms with van der Waals surface area (Å²) in [5, 5.41) is 8.95. The maximum absolute atomic E-state index is 12.8. The van der Waals surface area contributed by atoms with Gasteiger partial charge in [0.15, 0.2) is 0 Å². The second-order valence-electron chi connectivity index (χ2n) is 4.91. The molecule has 0 amide bonds. The molecular formula is C14H10ClF3N2O4. The average Bonchev–Trinajstić information content (AvgIpc) is 2.47. The predicted molar refractivity (Wildman–Crippen MR) is 78.5 cm³/mol. The number of aromatic carboxylic acids is 1. The molecule has 0 aliphatic rings. The van der Waals surface area contributed by atoms with Crippen LogP contribution in [0.3, 0.4) is 0 Å². The fourth-order valence-electron chi connectivity index (χ4n) is 2.10. The highest BCUT2D eigenvalue weighted by Gasteiger charge is 2.34. The number of hydrogen-bond donors (Lipinski definition) is 1. The van der Waals surface area contributed by atoms with Crippen molar-refractivity contribution in [1.29, 1.82) is 0 Å². The Morgan fingerprint density at radius 3 is 2.42 bits per heavy atom. The van der Waals surface area contributed by atoms with Crippen LogP contribution in [0.5, 0.6) is 0 Å². The van der Waals surface area contributed by atoms with Crippen LogP contribution in [0.4, 0.5) is 13.2 Å². The summed E-state index contributed by atoms with van der Waals surface area (Å²) in [6.07, 6.45) is -4.84. The Kier molecular flexibility index (Phi) is 4.57. The number of alkyl halides is 3. The summed E-state index contributed by atoms with van der Waals surface area (Å²) in [6, 6.07) is 4.10. The maximum Gasteiger partial charge on any atom is 0.431 e. The molecule has 128 valence electrons. The molecule has 0 spiro atoms. The van der Waals surface area contributed by atoms with Crippen LogP contribution in [0.15, 0.2) is 33.9 Å². The van der Waals surface area contributed by atoms with Crippen LogP contribution in [-0.4, -0.2) is 20.2 Å². The van der Waals surface area contributed by atoms with Crippen LogP contribution < -0.4 is 11.2 Å². The number of benzene rings is 1. The molecule has 10 heteroatoms. The van der Waals surface area contributed by atoms with Crippen molar-refractivity contribution in [1.82, 2.24) is 9.13 Å². The molecule has 0 unspecified atom stereocenters. The van der Waals surface area contributed by atoms with Crippen LogP contribution in [0.1, 0.15) is 21.6 Å². The molecule has 0 aliphatic heterocycles. The van der Waals surface area contributed by atoms with E-state index >= 15 is 0 Å². The number of aromatic nitrogens is 2. The van der Waals surface area contributed by atoms with Gasteiger partial charge in [0.2, 0.25) is 0 Å². The van der Waals surface area contributed by atoms with Gasteiger partial charge in [-0.1, -0.05) is 17.7 Å². The summed E-state index contributed by atoms with van der Waals surface area (Å²) < 4.78 is 39.2. The molecular weight excluding hydrogens is 353 g/mol. The van der Waals surface area contributed by atoms with Crippen molar-refractivity contribution in [3.05, 3.63) is 66.9 Å². The van der Waals surface area contributed by atoms with Crippen molar-refractivity contribution in [2.75, 3.05) is 0 Å². The van der Waals surface area contributed by atoms with Crippen molar-refractivity contribution >= 4 is 17.6 Å². The van der Waals surface area contributed by atoms with E-state index in [9.17, 15) is 27.6 Å². The van der Waals surface area contributed by atoms with E-state index in [-0.39, 0.29) is 22.7 Å². The van der Waals surface area contributed by atoms with Gasteiger partial charge in [0.25, 0.3) is 5.56 Å². The van der Waals surface area contributed by atoms with E-state index in [1.165, 1.54) is 12.1 Å². The summed E-state index contributed by atoms with van der Waals surface area (Å²) in [4.78, 5) is 34.9. The molecule has 24 heavy (non-hydrogen) atoms. The standard InChI is InChI=1S/C14H10ClF3N2O4/c1-19-10(14(16,17)18)5-11(21)20(13(19)24)6-7-2-3-9(15)8(4-7)12(22)23/h2-5H,6H2,1H3,(H,22,23). The number of nitrogens with zero attached hydrogens (tertiary/aromatic N) is 2. The lowest BCUT2D eigenvalue weighted by Crippen LogP contribution is -2.41. The molecule has 6 nitrogen and oxygen atoms in total. The zero-order valence-electron chi connectivity index (χ0n) is 12.1. The molecule has 0 fully saturated rings.